The van der Waals surface area contributed by atoms with Crippen LogP contribution in [0.3, 0.4) is 0 Å². The van der Waals surface area contributed by atoms with Crippen LogP contribution in [-0.4, -0.2) is 41.1 Å². The third-order valence-corrected chi connectivity index (χ3v) is 6.22. The van der Waals surface area contributed by atoms with Crippen molar-refractivity contribution in [1.29, 1.82) is 0 Å². The molecule has 1 unspecified atom stereocenters. The van der Waals surface area contributed by atoms with Gasteiger partial charge < -0.3 is 20.5 Å². The van der Waals surface area contributed by atoms with Crippen LogP contribution in [0.1, 0.15) is 72.1 Å². The number of hydrogen-bond donors (Lipinski definition) is 3. The maximum atomic E-state index is 12.6. The van der Waals surface area contributed by atoms with Crippen LogP contribution in [0.4, 0.5) is 0 Å². The molecule has 0 aromatic heterocycles. The molecule has 2 amide bonds. The number of halogens is 1. The van der Waals surface area contributed by atoms with Crippen LogP contribution < -0.4 is 15.4 Å². The van der Waals surface area contributed by atoms with Crippen molar-refractivity contribution in [3.8, 4) is 5.75 Å². The standard InChI is InChI=1S/C35H47ClN2O5/c1-4-5-6-7-8-9-10-11-12-13-14-15-16-17-18-19-20-21-22-23-32(39)38-31(33(40)41)28-37-34(42)35(2,3)43-30-26-24-29(36)25-27-30/h5-6,8-9,11-12,14-15,17-18,20-21,24-27,31H,4,7,10,13,16,19,22-23,28H2,1-3H3,(H,37,42)(H,38,39)(H,40,41)/b6-5-,9-8-,12-11-,15-14-,18-17-,21-20-. The lowest BCUT2D eigenvalue weighted by Crippen LogP contribution is -2.53. The minimum atomic E-state index is -1.27. The first-order valence-corrected chi connectivity index (χ1v) is 15.2. The van der Waals surface area contributed by atoms with Crippen molar-refractivity contribution >= 4 is 29.4 Å². The van der Waals surface area contributed by atoms with E-state index < -0.39 is 29.4 Å². The van der Waals surface area contributed by atoms with Crippen LogP contribution in [0, 0.1) is 0 Å². The molecule has 0 bridgehead atoms. The number of carboxylic acid groups (broad SMARTS) is 1. The lowest BCUT2D eigenvalue weighted by Gasteiger charge is -2.26. The third kappa shape index (κ3) is 19.1. The van der Waals surface area contributed by atoms with Crippen molar-refractivity contribution in [2.75, 3.05) is 6.54 Å². The predicted octanol–water partition coefficient (Wildman–Crippen LogP) is 7.66. The van der Waals surface area contributed by atoms with Gasteiger partial charge in [-0.05, 0) is 83.1 Å². The van der Waals surface area contributed by atoms with E-state index in [1.54, 1.807) is 38.1 Å². The highest BCUT2D eigenvalue weighted by Gasteiger charge is 2.31. The molecule has 0 aliphatic carbocycles. The first kappa shape index (κ1) is 37.2. The van der Waals surface area contributed by atoms with Crippen molar-refractivity contribution < 1.29 is 24.2 Å². The summed E-state index contributed by atoms with van der Waals surface area (Å²) in [5, 5.41) is 15.0. The second kappa shape index (κ2) is 22.7. The topological polar surface area (TPSA) is 105 Å². The van der Waals surface area contributed by atoms with Gasteiger partial charge in [0.2, 0.25) is 5.91 Å². The maximum Gasteiger partial charge on any atom is 0.328 e. The van der Waals surface area contributed by atoms with Crippen LogP contribution in [0.2, 0.25) is 5.02 Å². The molecule has 1 rings (SSSR count). The van der Waals surface area contributed by atoms with Crippen LogP contribution in [0.15, 0.2) is 97.2 Å². The number of aliphatic carboxylic acids is 1. The van der Waals surface area contributed by atoms with Crippen molar-refractivity contribution in [1.82, 2.24) is 10.6 Å². The van der Waals surface area contributed by atoms with E-state index in [9.17, 15) is 19.5 Å². The molecule has 234 valence electrons. The zero-order valence-corrected chi connectivity index (χ0v) is 26.4. The van der Waals surface area contributed by atoms with Crippen LogP contribution in [0.5, 0.6) is 5.75 Å². The number of allylic oxidation sites excluding steroid dienone is 12. The van der Waals surface area contributed by atoms with E-state index in [2.05, 4.69) is 78.3 Å². The SMILES string of the molecule is CC/C=C\C/C=C\C/C=C\C/C=C\C/C=C\C/C=C\CCC(=O)NC(CNC(=O)C(C)(C)Oc1ccc(Cl)cc1)C(=O)O. The molecule has 7 nitrogen and oxygen atoms in total. The number of ether oxygens (including phenoxy) is 1. The molecule has 3 N–H and O–H groups in total. The molecule has 1 aromatic rings. The Balaban J connectivity index is 2.24. The quantitative estimate of drug-likeness (QED) is 0.124. The fourth-order valence-electron chi connectivity index (χ4n) is 3.57. The second-order valence-electron chi connectivity index (χ2n) is 10.2. The fraction of sp³-hybridized carbons (Fsp3) is 0.400. The summed E-state index contributed by atoms with van der Waals surface area (Å²) in [6.45, 7) is 5.00. The van der Waals surface area contributed by atoms with E-state index in [-0.39, 0.29) is 13.0 Å². The summed E-state index contributed by atoms with van der Waals surface area (Å²) >= 11 is 5.87. The Labute approximate surface area is 262 Å². The molecule has 0 aliphatic rings. The van der Waals surface area contributed by atoms with Gasteiger partial charge >= 0.3 is 5.97 Å². The molecule has 1 atom stereocenters. The highest BCUT2D eigenvalue weighted by atomic mass is 35.5. The summed E-state index contributed by atoms with van der Waals surface area (Å²) in [5.74, 6) is -1.71. The first-order chi connectivity index (χ1) is 20.7. The first-order valence-electron chi connectivity index (χ1n) is 14.8. The molecule has 0 aliphatic heterocycles. The zero-order valence-electron chi connectivity index (χ0n) is 25.6. The Kier molecular flexibility index (Phi) is 19.6. The molecular weight excluding hydrogens is 564 g/mol. The van der Waals surface area contributed by atoms with Crippen molar-refractivity contribution in [2.45, 2.75) is 83.8 Å². The van der Waals surface area contributed by atoms with E-state index >= 15 is 0 Å². The number of carboxylic acids is 1. The summed E-state index contributed by atoms with van der Waals surface area (Å²) in [5.41, 5.74) is -1.27. The van der Waals surface area contributed by atoms with E-state index in [0.29, 0.717) is 17.2 Å². The lowest BCUT2D eigenvalue weighted by molar-refractivity contribution is -0.142. The largest absolute Gasteiger partial charge is 0.480 e. The molecule has 0 saturated carbocycles. The zero-order chi connectivity index (χ0) is 31.8. The number of amides is 2. The van der Waals surface area contributed by atoms with Crippen molar-refractivity contribution in [3.05, 3.63) is 102 Å². The summed E-state index contributed by atoms with van der Waals surface area (Å²) < 4.78 is 5.71. The third-order valence-electron chi connectivity index (χ3n) is 5.97. The molecule has 0 heterocycles. The Bertz CT molecular complexity index is 1150. The molecular formula is C35H47ClN2O5. The van der Waals surface area contributed by atoms with Gasteiger partial charge in [0.15, 0.2) is 5.60 Å². The second-order valence-corrected chi connectivity index (χ2v) is 10.6. The summed E-state index contributed by atoms with van der Waals surface area (Å²) in [6.07, 6.45) is 31.6. The van der Waals surface area contributed by atoms with Gasteiger partial charge in [-0.3, -0.25) is 9.59 Å². The normalized spacial score (nSPS) is 13.2. The van der Waals surface area contributed by atoms with Gasteiger partial charge in [-0.15, -0.1) is 0 Å². The fourth-order valence-corrected chi connectivity index (χ4v) is 3.70. The van der Waals surface area contributed by atoms with Gasteiger partial charge in [-0.2, -0.15) is 0 Å². The van der Waals surface area contributed by atoms with Crippen LogP contribution in [0.25, 0.3) is 0 Å². The Morgan fingerprint density at radius 1 is 0.814 bits per heavy atom. The highest BCUT2D eigenvalue weighted by molar-refractivity contribution is 6.30. The Morgan fingerprint density at radius 2 is 1.28 bits per heavy atom. The minimum Gasteiger partial charge on any atom is -0.480 e. The van der Waals surface area contributed by atoms with Gasteiger partial charge in [0.1, 0.15) is 11.8 Å². The molecule has 43 heavy (non-hydrogen) atoms. The predicted molar refractivity (Wildman–Crippen MR) is 176 cm³/mol. The number of carbonyl (C=O) groups is 3. The Hall–Kier alpha value is -3.84. The van der Waals surface area contributed by atoms with E-state index in [1.807, 2.05) is 12.2 Å². The number of nitrogens with one attached hydrogen (secondary N) is 2. The summed E-state index contributed by atoms with van der Waals surface area (Å²) in [7, 11) is 0. The van der Waals surface area contributed by atoms with E-state index in [1.165, 1.54) is 0 Å². The highest BCUT2D eigenvalue weighted by Crippen LogP contribution is 2.21. The van der Waals surface area contributed by atoms with Gasteiger partial charge in [0.25, 0.3) is 5.91 Å². The number of carbonyl (C=O) groups excluding carboxylic acids is 2. The van der Waals surface area contributed by atoms with Crippen molar-refractivity contribution in [3.63, 3.8) is 0 Å². The molecule has 8 heteroatoms. The van der Waals surface area contributed by atoms with Crippen molar-refractivity contribution in [2.24, 2.45) is 0 Å². The van der Waals surface area contributed by atoms with E-state index in [0.717, 1.165) is 38.5 Å². The monoisotopic (exact) mass is 610 g/mol. The minimum absolute atomic E-state index is 0.144. The summed E-state index contributed by atoms with van der Waals surface area (Å²) in [4.78, 5) is 36.5. The molecule has 0 radical (unpaired) electrons. The van der Waals surface area contributed by atoms with Gasteiger partial charge in [0.05, 0.1) is 0 Å². The average molecular weight is 611 g/mol. The van der Waals surface area contributed by atoms with Crippen LogP contribution >= 0.6 is 11.6 Å². The number of rotatable bonds is 21. The molecule has 0 fully saturated rings. The average Bonchev–Trinajstić information content (AvgIpc) is 2.97. The molecule has 0 saturated heterocycles. The van der Waals surface area contributed by atoms with Gasteiger partial charge in [-0.1, -0.05) is 91.4 Å². The summed E-state index contributed by atoms with van der Waals surface area (Å²) in [6, 6.07) is 5.29. The lowest BCUT2D eigenvalue weighted by atomic mass is 10.1. The van der Waals surface area contributed by atoms with Gasteiger partial charge in [0, 0.05) is 18.0 Å². The smallest absolute Gasteiger partial charge is 0.328 e. The number of hydrogen-bond acceptors (Lipinski definition) is 4. The van der Waals surface area contributed by atoms with Crippen LogP contribution in [-0.2, 0) is 14.4 Å². The molecule has 1 aromatic carbocycles. The van der Waals surface area contributed by atoms with E-state index in [4.69, 9.17) is 16.3 Å². The number of benzene rings is 1. The maximum absolute atomic E-state index is 12.6. The Morgan fingerprint density at radius 3 is 1.74 bits per heavy atom. The van der Waals surface area contributed by atoms with Gasteiger partial charge in [-0.25, -0.2) is 4.79 Å². The molecule has 0 spiro atoms.